The van der Waals surface area contributed by atoms with Crippen LogP contribution < -0.4 is 0 Å². The van der Waals surface area contributed by atoms with Crippen molar-refractivity contribution >= 4 is 25.8 Å². The van der Waals surface area contributed by atoms with Crippen LogP contribution in [0.5, 0.6) is 0 Å². The van der Waals surface area contributed by atoms with Crippen molar-refractivity contribution in [1.82, 2.24) is 4.90 Å². The van der Waals surface area contributed by atoms with Gasteiger partial charge in [0, 0.05) is 25.0 Å². The Balaban J connectivity index is 2.63. The summed E-state index contributed by atoms with van der Waals surface area (Å²) in [7, 11) is -3.05. The molecule has 6 heteroatoms. The summed E-state index contributed by atoms with van der Waals surface area (Å²) in [5.74, 6) is 0.210. The van der Waals surface area contributed by atoms with Crippen LogP contribution in [0.15, 0.2) is 0 Å². The number of ether oxygens (including phenoxy) is 1. The summed E-state index contributed by atoms with van der Waals surface area (Å²) in [5, 5.41) is 0.777. The average molecular weight is 356 g/mol. The van der Waals surface area contributed by atoms with Crippen molar-refractivity contribution in [2.75, 3.05) is 30.7 Å². The Bertz CT molecular complexity index is 401. The van der Waals surface area contributed by atoms with Gasteiger partial charge in [0.2, 0.25) is 0 Å². The summed E-state index contributed by atoms with van der Waals surface area (Å²) in [5.41, 5.74) is -0.220. The topological polar surface area (TPSA) is 46.6 Å². The van der Waals surface area contributed by atoms with Crippen molar-refractivity contribution in [2.24, 2.45) is 0 Å². The van der Waals surface area contributed by atoms with Gasteiger partial charge in [-0.1, -0.05) is 15.9 Å². The SMILES string of the molecule is CC1(C)CN(CCS(=O)(=O)C(C)(C)C)CC(CBr)O1. The van der Waals surface area contributed by atoms with E-state index in [1.54, 1.807) is 20.8 Å². The summed E-state index contributed by atoms with van der Waals surface area (Å²) in [6, 6.07) is 0. The molecule has 0 aromatic heterocycles. The Hall–Kier alpha value is 0.350. The summed E-state index contributed by atoms with van der Waals surface area (Å²) in [6.45, 7) is 11.5. The van der Waals surface area contributed by atoms with Crippen LogP contribution in [0, 0.1) is 0 Å². The van der Waals surface area contributed by atoms with Crippen molar-refractivity contribution in [1.29, 1.82) is 0 Å². The molecule has 4 nitrogen and oxygen atoms in total. The van der Waals surface area contributed by atoms with Gasteiger partial charge in [0.25, 0.3) is 0 Å². The second-order valence-corrected chi connectivity index (χ2v) is 10.3. The first-order chi connectivity index (χ1) is 8.47. The number of halogens is 1. The number of hydrogen-bond acceptors (Lipinski definition) is 4. The van der Waals surface area contributed by atoms with Crippen molar-refractivity contribution in [3.63, 3.8) is 0 Å². The summed E-state index contributed by atoms with van der Waals surface area (Å²) < 4.78 is 29.5. The van der Waals surface area contributed by atoms with Gasteiger partial charge in [0.05, 0.1) is 22.2 Å². The summed E-state index contributed by atoms with van der Waals surface area (Å²) in [4.78, 5) is 2.19. The van der Waals surface area contributed by atoms with Gasteiger partial charge in [-0.25, -0.2) is 8.42 Å². The number of nitrogens with zero attached hydrogens (tertiary/aromatic N) is 1. The van der Waals surface area contributed by atoms with Gasteiger partial charge in [0.1, 0.15) is 0 Å². The third-order valence-electron chi connectivity index (χ3n) is 3.33. The van der Waals surface area contributed by atoms with Crippen LogP contribution in [0.3, 0.4) is 0 Å². The van der Waals surface area contributed by atoms with Crippen molar-refractivity contribution in [2.45, 2.75) is 51.1 Å². The lowest BCUT2D eigenvalue weighted by Gasteiger charge is -2.42. The zero-order valence-corrected chi connectivity index (χ0v) is 15.0. The van der Waals surface area contributed by atoms with Crippen LogP contribution in [0.2, 0.25) is 0 Å². The maximum atomic E-state index is 12.1. The molecule has 0 spiro atoms. The van der Waals surface area contributed by atoms with Gasteiger partial charge in [0.15, 0.2) is 9.84 Å². The largest absolute Gasteiger partial charge is 0.369 e. The monoisotopic (exact) mass is 355 g/mol. The molecule has 1 heterocycles. The third kappa shape index (κ3) is 4.99. The minimum Gasteiger partial charge on any atom is -0.369 e. The highest BCUT2D eigenvalue weighted by atomic mass is 79.9. The van der Waals surface area contributed by atoms with E-state index < -0.39 is 14.6 Å². The van der Waals surface area contributed by atoms with Crippen LogP contribution in [-0.2, 0) is 14.6 Å². The van der Waals surface area contributed by atoms with Gasteiger partial charge in [-0.15, -0.1) is 0 Å². The molecule has 1 saturated heterocycles. The van der Waals surface area contributed by atoms with Gasteiger partial charge in [-0.05, 0) is 34.6 Å². The van der Waals surface area contributed by atoms with Crippen LogP contribution >= 0.6 is 15.9 Å². The van der Waals surface area contributed by atoms with Crippen molar-refractivity contribution in [3.8, 4) is 0 Å². The van der Waals surface area contributed by atoms with Crippen molar-refractivity contribution in [3.05, 3.63) is 0 Å². The molecule has 1 aliphatic heterocycles. The number of sulfone groups is 1. The number of morpholine rings is 1. The van der Waals surface area contributed by atoms with Gasteiger partial charge >= 0.3 is 0 Å². The highest BCUT2D eigenvalue weighted by Crippen LogP contribution is 2.23. The highest BCUT2D eigenvalue weighted by molar-refractivity contribution is 9.09. The first-order valence-corrected chi connectivity index (χ1v) is 9.43. The molecule has 1 atom stereocenters. The molecule has 0 bridgehead atoms. The number of alkyl halides is 1. The Morgan fingerprint density at radius 3 is 2.42 bits per heavy atom. The van der Waals surface area contributed by atoms with Crippen LogP contribution in [0.25, 0.3) is 0 Å². The maximum Gasteiger partial charge on any atom is 0.156 e. The fourth-order valence-corrected chi connectivity index (χ4v) is 3.67. The molecule has 1 rings (SSSR count). The molecule has 1 unspecified atom stereocenters. The third-order valence-corrected chi connectivity index (χ3v) is 6.64. The van der Waals surface area contributed by atoms with E-state index in [1.165, 1.54) is 0 Å². The molecule has 0 N–H and O–H groups in total. The van der Waals surface area contributed by atoms with E-state index >= 15 is 0 Å². The molecule has 114 valence electrons. The molecule has 1 aliphatic rings. The summed E-state index contributed by atoms with van der Waals surface area (Å²) in [6.07, 6.45) is 0.126. The zero-order chi connectivity index (χ0) is 14.9. The van der Waals surface area contributed by atoms with Gasteiger partial charge in [-0.3, -0.25) is 4.90 Å². The number of rotatable bonds is 4. The van der Waals surface area contributed by atoms with Crippen LogP contribution in [-0.4, -0.2) is 60.5 Å². The van der Waals surface area contributed by atoms with Crippen LogP contribution in [0.1, 0.15) is 34.6 Å². The lowest BCUT2D eigenvalue weighted by atomic mass is 10.1. The Morgan fingerprint density at radius 1 is 1.37 bits per heavy atom. The number of hydrogen-bond donors (Lipinski definition) is 0. The second-order valence-electron chi connectivity index (χ2n) is 6.82. The van der Waals surface area contributed by atoms with Gasteiger partial charge < -0.3 is 4.74 Å². The Morgan fingerprint density at radius 2 is 1.95 bits per heavy atom. The second kappa shape index (κ2) is 6.00. The van der Waals surface area contributed by atoms with E-state index in [0.717, 1.165) is 18.4 Å². The molecule has 0 aromatic carbocycles. The predicted octanol–water partition coefficient (Wildman–Crippen LogP) is 2.07. The quantitative estimate of drug-likeness (QED) is 0.724. The molecule has 0 radical (unpaired) electrons. The van der Waals surface area contributed by atoms with E-state index in [0.29, 0.717) is 6.54 Å². The smallest absolute Gasteiger partial charge is 0.156 e. The maximum absolute atomic E-state index is 12.1. The van der Waals surface area contributed by atoms with Gasteiger partial charge in [-0.2, -0.15) is 0 Å². The average Bonchev–Trinajstić information content (AvgIpc) is 2.22. The molecule has 19 heavy (non-hydrogen) atoms. The minimum absolute atomic E-state index is 0.126. The Labute approximate surface area is 125 Å². The molecule has 0 aromatic rings. The predicted molar refractivity (Wildman–Crippen MR) is 82.7 cm³/mol. The minimum atomic E-state index is -3.05. The van der Waals surface area contributed by atoms with E-state index in [-0.39, 0.29) is 17.5 Å². The fraction of sp³-hybridized carbons (Fsp3) is 1.00. The molecule has 0 aliphatic carbocycles. The normalized spacial score (nSPS) is 25.5. The van der Waals surface area contributed by atoms with E-state index in [2.05, 4.69) is 20.8 Å². The van der Waals surface area contributed by atoms with Crippen molar-refractivity contribution < 1.29 is 13.2 Å². The first kappa shape index (κ1) is 17.4. The molecule has 0 saturated carbocycles. The van der Waals surface area contributed by atoms with E-state index in [1.807, 2.05) is 13.8 Å². The molecule has 1 fully saturated rings. The van der Waals surface area contributed by atoms with Crippen LogP contribution in [0.4, 0.5) is 0 Å². The molecular weight excluding hydrogens is 330 g/mol. The Kier molecular flexibility index (Phi) is 5.49. The first-order valence-electron chi connectivity index (χ1n) is 6.65. The lowest BCUT2D eigenvalue weighted by Crippen LogP contribution is -2.54. The summed E-state index contributed by atoms with van der Waals surface area (Å²) >= 11 is 3.44. The molecule has 0 amide bonds. The van der Waals surface area contributed by atoms with E-state index in [9.17, 15) is 8.42 Å². The fourth-order valence-electron chi connectivity index (χ4n) is 2.22. The van der Waals surface area contributed by atoms with E-state index in [4.69, 9.17) is 4.74 Å². The standard InChI is InChI=1S/C13H26BrNO3S/c1-12(2,3)19(16,17)7-6-15-9-11(8-14)18-13(4,5)10-15/h11H,6-10H2,1-5H3. The highest BCUT2D eigenvalue weighted by Gasteiger charge is 2.35. The lowest BCUT2D eigenvalue weighted by molar-refractivity contribution is -0.125. The molecular formula is C13H26BrNO3S. The zero-order valence-electron chi connectivity index (χ0n) is 12.6.